The smallest absolute Gasteiger partial charge is 0.0711 e. The van der Waals surface area contributed by atoms with Crippen molar-refractivity contribution < 1.29 is 0 Å². The first kappa shape index (κ1) is 26.6. The van der Waals surface area contributed by atoms with Crippen molar-refractivity contribution in [2.75, 3.05) is 0 Å². The Morgan fingerprint density at radius 1 is 0.362 bits per heavy atom. The molecule has 7 aromatic heterocycles. The summed E-state index contributed by atoms with van der Waals surface area (Å²) in [5.41, 5.74) is 10.2. The van der Waals surface area contributed by atoms with Crippen molar-refractivity contribution in [3.05, 3.63) is 132 Å². The third-order valence-corrected chi connectivity index (χ3v) is 14.9. The van der Waals surface area contributed by atoms with Gasteiger partial charge in [-0.05, 0) is 59.3 Å². The molecule has 2 nitrogen and oxygen atoms in total. The second-order valence-electron chi connectivity index (χ2n) is 11.7. The minimum absolute atomic E-state index is 1.21. The van der Waals surface area contributed by atoms with Crippen LogP contribution < -0.4 is 0 Å². The summed E-state index contributed by atoms with van der Waals surface area (Å²) < 4.78 is 13.1. The summed E-state index contributed by atoms with van der Waals surface area (Å²) in [5.74, 6) is 0. The average Bonchev–Trinajstić information content (AvgIpc) is 3.96. The Morgan fingerprint density at radius 2 is 0.830 bits per heavy atom. The van der Waals surface area contributed by atoms with Gasteiger partial charge in [-0.2, -0.15) is 0 Å². The lowest BCUT2D eigenvalue weighted by molar-refractivity contribution is 1.18. The van der Waals surface area contributed by atoms with E-state index in [0.29, 0.717) is 0 Å². The number of hydrogen-bond donors (Lipinski definition) is 0. The maximum atomic E-state index is 2.43. The Labute approximate surface area is 289 Å². The first-order valence-corrected chi connectivity index (χ1v) is 19.6. The van der Waals surface area contributed by atoms with Crippen molar-refractivity contribution in [3.63, 3.8) is 0 Å². The third kappa shape index (κ3) is 3.74. The molecule has 0 saturated carbocycles. The average molecular weight is 691 g/mol. The maximum Gasteiger partial charge on any atom is 0.0711 e. The summed E-state index contributed by atoms with van der Waals surface area (Å²) in [4.78, 5) is 2.65. The van der Waals surface area contributed by atoms with Crippen LogP contribution >= 0.6 is 56.7 Å². The van der Waals surface area contributed by atoms with Gasteiger partial charge in [0, 0.05) is 52.4 Å². The van der Waals surface area contributed by atoms with Gasteiger partial charge in [0.25, 0.3) is 0 Å². The summed E-state index contributed by atoms with van der Waals surface area (Å²) in [6, 6.07) is 44.6. The molecule has 7 heterocycles. The van der Waals surface area contributed by atoms with Gasteiger partial charge >= 0.3 is 0 Å². The molecule has 222 valence electrons. The van der Waals surface area contributed by atoms with Crippen molar-refractivity contribution in [3.8, 4) is 32.3 Å². The molecule has 0 amide bonds. The second-order valence-corrected chi connectivity index (χ2v) is 16.7. The van der Waals surface area contributed by atoms with Crippen LogP contribution in [-0.2, 0) is 0 Å². The molecule has 0 radical (unpaired) electrons. The van der Waals surface area contributed by atoms with E-state index in [0.717, 1.165) is 0 Å². The molecule has 11 rings (SSSR count). The van der Waals surface area contributed by atoms with E-state index in [1.165, 1.54) is 93.3 Å². The second kappa shape index (κ2) is 10.0. The fourth-order valence-electron chi connectivity index (χ4n) is 7.16. The molecule has 0 atom stereocenters. The molecule has 0 aliphatic rings. The van der Waals surface area contributed by atoms with E-state index in [1.807, 2.05) is 56.7 Å². The molecule has 7 heteroatoms. The fraction of sp³-hybridized carbons (Fsp3) is 0. The lowest BCUT2D eigenvalue weighted by atomic mass is 10.1. The van der Waals surface area contributed by atoms with Crippen molar-refractivity contribution >= 4 is 118 Å². The van der Waals surface area contributed by atoms with E-state index in [1.54, 1.807) is 0 Å². The summed E-state index contributed by atoms with van der Waals surface area (Å²) in [6.07, 6.45) is 0. The molecule has 0 aliphatic heterocycles. The molecule has 4 aromatic carbocycles. The van der Waals surface area contributed by atoms with E-state index in [2.05, 4.69) is 141 Å². The van der Waals surface area contributed by atoms with Gasteiger partial charge in [-0.15, -0.1) is 56.7 Å². The Morgan fingerprint density at radius 3 is 1.30 bits per heavy atom. The number of hydrogen-bond acceptors (Lipinski definition) is 5. The number of para-hydroxylation sites is 2. The SMILES string of the molecule is c1ccc(-n2c3ccsc3c3sc(-c4cccc5c4sc4c(-c6cc7c(s6)c6sccc6n7-c6ccccc6)cccc45)cc32)cc1. The van der Waals surface area contributed by atoms with Gasteiger partial charge in [0.1, 0.15) is 0 Å². The highest BCUT2D eigenvalue weighted by atomic mass is 32.1. The van der Waals surface area contributed by atoms with E-state index in [4.69, 9.17) is 0 Å². The van der Waals surface area contributed by atoms with Crippen molar-refractivity contribution in [1.82, 2.24) is 9.13 Å². The number of fused-ring (bicyclic) bond motifs is 9. The molecule has 0 saturated heterocycles. The van der Waals surface area contributed by atoms with Crippen molar-refractivity contribution in [2.24, 2.45) is 0 Å². The van der Waals surface area contributed by atoms with Crippen LogP contribution in [-0.4, -0.2) is 9.13 Å². The van der Waals surface area contributed by atoms with Crippen LogP contribution in [0.15, 0.2) is 132 Å². The van der Waals surface area contributed by atoms with Crippen molar-refractivity contribution in [2.45, 2.75) is 0 Å². The number of nitrogens with zero attached hydrogens (tertiary/aromatic N) is 2. The minimum atomic E-state index is 1.21. The summed E-state index contributed by atoms with van der Waals surface area (Å²) in [5, 5.41) is 7.11. The number of benzene rings is 4. The Balaban J connectivity index is 1.12. The zero-order valence-electron chi connectivity index (χ0n) is 24.6. The van der Waals surface area contributed by atoms with Crippen LogP contribution in [0.5, 0.6) is 0 Å². The monoisotopic (exact) mass is 690 g/mol. The number of thiophene rings is 5. The van der Waals surface area contributed by atoms with Gasteiger partial charge in [-0.3, -0.25) is 0 Å². The molecule has 0 spiro atoms. The van der Waals surface area contributed by atoms with Crippen molar-refractivity contribution in [1.29, 1.82) is 0 Å². The summed E-state index contributed by atoms with van der Waals surface area (Å²) >= 11 is 9.49. The van der Waals surface area contributed by atoms with E-state index >= 15 is 0 Å². The quantitative estimate of drug-likeness (QED) is 0.174. The number of aromatic nitrogens is 2. The van der Waals surface area contributed by atoms with Crippen LogP contribution in [0.25, 0.3) is 93.3 Å². The number of rotatable bonds is 4. The van der Waals surface area contributed by atoms with Gasteiger partial charge in [0.05, 0.1) is 40.9 Å². The molecule has 47 heavy (non-hydrogen) atoms. The first-order valence-electron chi connectivity index (χ1n) is 15.4. The maximum absolute atomic E-state index is 2.43. The van der Waals surface area contributed by atoms with E-state index in [9.17, 15) is 0 Å². The molecule has 0 unspecified atom stereocenters. The van der Waals surface area contributed by atoms with Crippen LogP contribution in [0.3, 0.4) is 0 Å². The van der Waals surface area contributed by atoms with Crippen LogP contribution in [0.4, 0.5) is 0 Å². The van der Waals surface area contributed by atoms with E-state index in [-0.39, 0.29) is 0 Å². The molecular formula is C40H22N2S5. The van der Waals surface area contributed by atoms with E-state index < -0.39 is 0 Å². The Bertz CT molecular complexity index is 2760. The lowest BCUT2D eigenvalue weighted by Crippen LogP contribution is -1.91. The third-order valence-electron chi connectivity index (χ3n) is 9.17. The van der Waals surface area contributed by atoms with Crippen LogP contribution in [0.1, 0.15) is 0 Å². The normalized spacial score (nSPS) is 12.3. The highest BCUT2D eigenvalue weighted by Gasteiger charge is 2.22. The molecule has 0 bridgehead atoms. The molecule has 11 aromatic rings. The zero-order valence-corrected chi connectivity index (χ0v) is 28.7. The molecule has 0 N–H and O–H groups in total. The molecular weight excluding hydrogens is 669 g/mol. The Hall–Kier alpha value is -4.50. The minimum Gasteiger partial charge on any atom is -0.307 e. The predicted octanol–water partition coefficient (Wildman–Crippen LogP) is 13.8. The van der Waals surface area contributed by atoms with Gasteiger partial charge in [-0.25, -0.2) is 0 Å². The highest BCUT2D eigenvalue weighted by Crippen LogP contribution is 2.50. The topological polar surface area (TPSA) is 9.86 Å². The lowest BCUT2D eigenvalue weighted by Gasteiger charge is -2.05. The van der Waals surface area contributed by atoms with Gasteiger partial charge < -0.3 is 9.13 Å². The molecule has 0 fully saturated rings. The van der Waals surface area contributed by atoms with Gasteiger partial charge in [-0.1, -0.05) is 72.8 Å². The van der Waals surface area contributed by atoms with Crippen LogP contribution in [0, 0.1) is 0 Å². The first-order chi connectivity index (χ1) is 23.3. The van der Waals surface area contributed by atoms with Crippen LogP contribution in [0.2, 0.25) is 0 Å². The Kier molecular flexibility index (Phi) is 5.65. The standard InChI is InChI=1S/C40H22N2S5/c1-3-9-23(10-4-1)41-29-17-19-43-37(29)39-31(41)21-33(45-39)27-15-7-13-25-26-14-8-16-28(36(26)47-35(25)27)34-22-32-40(46-34)38-30(18-20-44-38)42(32)24-11-5-2-6-12-24/h1-22H. The summed E-state index contributed by atoms with van der Waals surface area (Å²) in [7, 11) is 0. The summed E-state index contributed by atoms with van der Waals surface area (Å²) in [6.45, 7) is 0. The fourth-order valence-corrected chi connectivity index (χ4v) is 13.1. The zero-order chi connectivity index (χ0) is 30.6. The highest BCUT2D eigenvalue weighted by molar-refractivity contribution is 7.31. The predicted molar refractivity (Wildman–Crippen MR) is 210 cm³/mol. The largest absolute Gasteiger partial charge is 0.307 e. The molecule has 0 aliphatic carbocycles. The van der Waals surface area contributed by atoms with Gasteiger partial charge in [0.2, 0.25) is 0 Å². The van der Waals surface area contributed by atoms with Gasteiger partial charge in [0.15, 0.2) is 0 Å².